The molecule has 0 spiro atoms. The van der Waals surface area contributed by atoms with E-state index in [1.54, 1.807) is 25.3 Å². The van der Waals surface area contributed by atoms with Crippen molar-refractivity contribution in [2.45, 2.75) is 53.1 Å². The molecule has 0 saturated heterocycles. The van der Waals surface area contributed by atoms with Crippen molar-refractivity contribution >= 4 is 16.8 Å². The van der Waals surface area contributed by atoms with Crippen LogP contribution in [0.5, 0.6) is 0 Å². The highest BCUT2D eigenvalue weighted by atomic mass is 19.1. The molecule has 31 heavy (non-hydrogen) atoms. The van der Waals surface area contributed by atoms with Crippen molar-refractivity contribution in [2.75, 3.05) is 0 Å². The first-order chi connectivity index (χ1) is 14.9. The van der Waals surface area contributed by atoms with Gasteiger partial charge in [-0.3, -0.25) is 19.3 Å². The average molecular weight is 424 g/mol. The number of H-pyrrole nitrogens is 1. The van der Waals surface area contributed by atoms with Gasteiger partial charge in [0.25, 0.3) is 0 Å². The lowest BCUT2D eigenvalue weighted by molar-refractivity contribution is 0.100. The fourth-order valence-corrected chi connectivity index (χ4v) is 3.70. The molecule has 0 aliphatic rings. The molecule has 3 N–H and O–H groups in total. The molecule has 10 heteroatoms. The number of nitrogens with zero attached hydrogens (tertiary/aromatic N) is 6. The van der Waals surface area contributed by atoms with E-state index >= 15 is 0 Å². The SMILES string of the molecule is CCCCCn1ncc2c(-c3n[nH]c(-c4c(F)c(C)nn4CC)n3)cc(C(N)=O)cc21. The Kier molecular flexibility index (Phi) is 5.53. The largest absolute Gasteiger partial charge is 0.366 e. The summed E-state index contributed by atoms with van der Waals surface area (Å²) in [6.45, 7) is 6.84. The number of aryl methyl sites for hydroxylation is 3. The molecule has 0 aliphatic carbocycles. The molecule has 3 aromatic heterocycles. The second-order valence-electron chi connectivity index (χ2n) is 7.47. The summed E-state index contributed by atoms with van der Waals surface area (Å²) < 4.78 is 18.0. The van der Waals surface area contributed by atoms with Gasteiger partial charge in [-0.1, -0.05) is 19.8 Å². The molecule has 0 saturated carbocycles. The Labute approximate surface area is 178 Å². The number of unbranched alkanes of at least 4 members (excludes halogenated alkanes) is 2. The standard InChI is InChI=1S/C21H25FN8O/c1-4-6-7-8-30-16-10-13(19(23)31)9-14(15(16)11-24-30)20-25-21(27-26-20)18-17(22)12(3)28-29(18)5-2/h9-11H,4-8H2,1-3H3,(H2,23,31)(H,25,26,27). The highest BCUT2D eigenvalue weighted by Crippen LogP contribution is 2.30. The fraction of sp³-hybridized carbons (Fsp3) is 0.381. The number of aromatic amines is 1. The van der Waals surface area contributed by atoms with E-state index in [2.05, 4.69) is 32.3 Å². The van der Waals surface area contributed by atoms with Crippen LogP contribution < -0.4 is 5.73 Å². The first-order valence-corrected chi connectivity index (χ1v) is 10.4. The third kappa shape index (κ3) is 3.69. The van der Waals surface area contributed by atoms with E-state index in [9.17, 15) is 9.18 Å². The molecular weight excluding hydrogens is 399 g/mol. The Bertz CT molecular complexity index is 1250. The zero-order valence-electron chi connectivity index (χ0n) is 17.8. The van der Waals surface area contributed by atoms with E-state index in [1.165, 1.54) is 4.68 Å². The van der Waals surface area contributed by atoms with Gasteiger partial charge in [0.2, 0.25) is 5.91 Å². The lowest BCUT2D eigenvalue weighted by Crippen LogP contribution is -2.11. The minimum Gasteiger partial charge on any atom is -0.366 e. The van der Waals surface area contributed by atoms with Gasteiger partial charge in [-0.05, 0) is 32.4 Å². The molecule has 0 atom stereocenters. The van der Waals surface area contributed by atoms with E-state index in [-0.39, 0.29) is 11.5 Å². The predicted octanol–water partition coefficient (Wildman–Crippen LogP) is 3.44. The maximum absolute atomic E-state index is 14.6. The summed E-state index contributed by atoms with van der Waals surface area (Å²) in [6, 6.07) is 3.39. The zero-order valence-corrected chi connectivity index (χ0v) is 17.8. The molecule has 162 valence electrons. The van der Waals surface area contributed by atoms with E-state index in [1.807, 2.05) is 11.6 Å². The van der Waals surface area contributed by atoms with Crippen LogP contribution in [0.15, 0.2) is 18.3 Å². The summed E-state index contributed by atoms with van der Waals surface area (Å²) in [7, 11) is 0. The molecular formula is C21H25FN8O. The number of carbonyl (C=O) groups excluding carboxylic acids is 1. The van der Waals surface area contributed by atoms with Gasteiger partial charge in [0, 0.05) is 29.6 Å². The summed E-state index contributed by atoms with van der Waals surface area (Å²) in [5, 5.41) is 16.6. The lowest BCUT2D eigenvalue weighted by atomic mass is 10.0. The van der Waals surface area contributed by atoms with E-state index < -0.39 is 11.7 Å². The summed E-state index contributed by atoms with van der Waals surface area (Å²) in [6.07, 6.45) is 4.90. The summed E-state index contributed by atoms with van der Waals surface area (Å²) in [4.78, 5) is 16.5. The van der Waals surface area contributed by atoms with Gasteiger partial charge >= 0.3 is 0 Å². The van der Waals surface area contributed by atoms with Crippen molar-refractivity contribution in [3.05, 3.63) is 35.4 Å². The number of primary amides is 1. The van der Waals surface area contributed by atoms with Crippen LogP contribution in [-0.4, -0.2) is 40.6 Å². The summed E-state index contributed by atoms with van der Waals surface area (Å²) in [5.41, 5.74) is 7.84. The summed E-state index contributed by atoms with van der Waals surface area (Å²) >= 11 is 0. The minimum atomic E-state index is -0.550. The van der Waals surface area contributed by atoms with Crippen LogP contribution >= 0.6 is 0 Å². The first kappa shape index (κ1) is 20.7. The van der Waals surface area contributed by atoms with Crippen LogP contribution in [0.1, 0.15) is 49.2 Å². The van der Waals surface area contributed by atoms with Crippen molar-refractivity contribution in [1.29, 1.82) is 0 Å². The van der Waals surface area contributed by atoms with Gasteiger partial charge in [-0.2, -0.15) is 15.3 Å². The summed E-state index contributed by atoms with van der Waals surface area (Å²) in [5.74, 6) is -0.393. The molecule has 0 aliphatic heterocycles. The number of nitrogens with one attached hydrogen (secondary N) is 1. The highest BCUT2D eigenvalue weighted by molar-refractivity contribution is 6.02. The molecule has 1 aromatic carbocycles. The Morgan fingerprint density at radius 2 is 2.03 bits per heavy atom. The van der Waals surface area contributed by atoms with Crippen molar-refractivity contribution in [3.8, 4) is 22.9 Å². The number of aromatic nitrogens is 7. The van der Waals surface area contributed by atoms with Gasteiger partial charge in [0.15, 0.2) is 17.5 Å². The van der Waals surface area contributed by atoms with Crippen molar-refractivity contribution in [1.82, 2.24) is 34.7 Å². The first-order valence-electron chi connectivity index (χ1n) is 10.4. The Balaban J connectivity index is 1.82. The van der Waals surface area contributed by atoms with Crippen LogP contribution in [0.25, 0.3) is 33.8 Å². The number of amides is 1. The topological polar surface area (TPSA) is 120 Å². The molecule has 9 nitrogen and oxygen atoms in total. The van der Waals surface area contributed by atoms with E-state index in [4.69, 9.17) is 5.73 Å². The van der Waals surface area contributed by atoms with Crippen LogP contribution in [0.2, 0.25) is 0 Å². The molecule has 3 heterocycles. The smallest absolute Gasteiger partial charge is 0.248 e. The van der Waals surface area contributed by atoms with Crippen molar-refractivity contribution < 1.29 is 9.18 Å². The van der Waals surface area contributed by atoms with Crippen LogP contribution in [0.3, 0.4) is 0 Å². The average Bonchev–Trinajstić information content (AvgIpc) is 3.46. The Morgan fingerprint density at radius 1 is 1.23 bits per heavy atom. The molecule has 4 aromatic rings. The predicted molar refractivity (Wildman–Crippen MR) is 115 cm³/mol. The number of halogens is 1. The molecule has 0 bridgehead atoms. The van der Waals surface area contributed by atoms with Crippen LogP contribution in [-0.2, 0) is 13.1 Å². The number of nitrogens with two attached hydrogens (primary N) is 1. The number of rotatable bonds is 8. The normalized spacial score (nSPS) is 11.5. The number of fused-ring (bicyclic) bond motifs is 1. The number of benzene rings is 1. The monoisotopic (exact) mass is 424 g/mol. The van der Waals surface area contributed by atoms with Crippen molar-refractivity contribution in [2.24, 2.45) is 5.73 Å². The maximum Gasteiger partial charge on any atom is 0.248 e. The van der Waals surface area contributed by atoms with Gasteiger partial charge in [-0.15, -0.1) is 0 Å². The number of hydrogen-bond acceptors (Lipinski definition) is 5. The van der Waals surface area contributed by atoms with Crippen molar-refractivity contribution in [3.63, 3.8) is 0 Å². The van der Waals surface area contributed by atoms with Gasteiger partial charge in [0.1, 0.15) is 5.69 Å². The third-order valence-electron chi connectivity index (χ3n) is 5.33. The third-order valence-corrected chi connectivity index (χ3v) is 5.33. The molecule has 0 unspecified atom stereocenters. The van der Waals surface area contributed by atoms with Gasteiger partial charge in [-0.25, -0.2) is 9.37 Å². The Morgan fingerprint density at radius 3 is 2.74 bits per heavy atom. The molecule has 0 radical (unpaired) electrons. The van der Waals surface area contributed by atoms with E-state index in [0.717, 1.165) is 36.7 Å². The lowest BCUT2D eigenvalue weighted by Gasteiger charge is -2.06. The molecule has 1 amide bonds. The van der Waals surface area contributed by atoms with Gasteiger partial charge < -0.3 is 5.73 Å². The Hall–Kier alpha value is -3.56. The van der Waals surface area contributed by atoms with E-state index in [0.29, 0.717) is 29.2 Å². The van der Waals surface area contributed by atoms with Gasteiger partial charge in [0.05, 0.1) is 17.4 Å². The maximum atomic E-state index is 14.6. The molecule has 4 rings (SSSR count). The quantitative estimate of drug-likeness (QED) is 0.420. The molecule has 0 fully saturated rings. The highest BCUT2D eigenvalue weighted by Gasteiger charge is 2.22. The second-order valence-corrected chi connectivity index (χ2v) is 7.47. The van der Waals surface area contributed by atoms with Crippen LogP contribution in [0.4, 0.5) is 4.39 Å². The zero-order chi connectivity index (χ0) is 22.1. The number of carbonyl (C=O) groups is 1. The minimum absolute atomic E-state index is 0.247. The second kappa shape index (κ2) is 8.29. The number of hydrogen-bond donors (Lipinski definition) is 2. The fourth-order valence-electron chi connectivity index (χ4n) is 3.70. The van der Waals surface area contributed by atoms with Crippen LogP contribution in [0, 0.1) is 12.7 Å².